The number of carbonyl (C=O) groups is 3. The normalized spacial score (nSPS) is 10.3. The second-order valence-electron chi connectivity index (χ2n) is 6.50. The molecular formula is C22H22N4O3S. The van der Waals surface area contributed by atoms with E-state index >= 15 is 0 Å². The van der Waals surface area contributed by atoms with Gasteiger partial charge in [-0.15, -0.1) is 11.3 Å². The summed E-state index contributed by atoms with van der Waals surface area (Å²) < 4.78 is 0. The Kier molecular flexibility index (Phi) is 7.68. The van der Waals surface area contributed by atoms with Crippen LogP contribution in [0.1, 0.15) is 38.4 Å². The van der Waals surface area contributed by atoms with Crippen LogP contribution in [-0.2, 0) is 11.3 Å². The van der Waals surface area contributed by atoms with Crippen molar-refractivity contribution in [1.29, 1.82) is 0 Å². The van der Waals surface area contributed by atoms with Gasteiger partial charge in [-0.05, 0) is 47.7 Å². The number of hydrogen-bond donors (Lipinski definition) is 3. The molecule has 0 bridgehead atoms. The fraction of sp³-hybridized carbons (Fsp3) is 0.182. The van der Waals surface area contributed by atoms with Gasteiger partial charge in [-0.1, -0.05) is 18.2 Å². The lowest BCUT2D eigenvalue weighted by molar-refractivity contribution is -0.121. The highest BCUT2D eigenvalue weighted by Crippen LogP contribution is 2.12. The molecule has 0 unspecified atom stereocenters. The van der Waals surface area contributed by atoms with Gasteiger partial charge in [0.15, 0.2) is 0 Å². The maximum atomic E-state index is 12.2. The number of thiophene rings is 1. The lowest BCUT2D eigenvalue weighted by Gasteiger charge is -2.09. The van der Waals surface area contributed by atoms with E-state index in [0.29, 0.717) is 42.1 Å². The van der Waals surface area contributed by atoms with Gasteiger partial charge in [0.1, 0.15) is 0 Å². The molecule has 0 spiro atoms. The van der Waals surface area contributed by atoms with Crippen LogP contribution in [-0.4, -0.2) is 29.3 Å². The van der Waals surface area contributed by atoms with Crippen LogP contribution in [0.2, 0.25) is 0 Å². The molecule has 0 aliphatic rings. The van der Waals surface area contributed by atoms with Gasteiger partial charge < -0.3 is 16.0 Å². The zero-order chi connectivity index (χ0) is 21.2. The van der Waals surface area contributed by atoms with E-state index in [9.17, 15) is 14.4 Å². The van der Waals surface area contributed by atoms with E-state index in [1.54, 1.807) is 36.7 Å². The molecule has 3 N–H and O–H groups in total. The molecule has 0 aliphatic heterocycles. The smallest absolute Gasteiger partial charge is 0.261 e. The number of anilines is 1. The number of carbonyl (C=O) groups excluding carboxylic acids is 3. The van der Waals surface area contributed by atoms with Crippen LogP contribution in [0.3, 0.4) is 0 Å². The molecule has 0 atom stereocenters. The van der Waals surface area contributed by atoms with Crippen molar-refractivity contribution in [2.75, 3.05) is 11.9 Å². The van der Waals surface area contributed by atoms with Gasteiger partial charge in [0.05, 0.1) is 4.88 Å². The molecule has 154 valence electrons. The average molecular weight is 423 g/mol. The molecule has 0 saturated heterocycles. The lowest BCUT2D eigenvalue weighted by atomic mass is 10.2. The maximum absolute atomic E-state index is 12.2. The predicted molar refractivity (Wildman–Crippen MR) is 116 cm³/mol. The van der Waals surface area contributed by atoms with Gasteiger partial charge >= 0.3 is 0 Å². The van der Waals surface area contributed by atoms with Crippen LogP contribution in [0.5, 0.6) is 0 Å². The van der Waals surface area contributed by atoms with Gasteiger partial charge in [-0.25, -0.2) is 0 Å². The van der Waals surface area contributed by atoms with Gasteiger partial charge in [-0.2, -0.15) is 0 Å². The topological polar surface area (TPSA) is 100 Å². The SMILES string of the molecule is O=C(CCCNC(=O)c1cccs1)NCc1cccc(NC(=O)c2ccncc2)c1. The maximum Gasteiger partial charge on any atom is 0.261 e. The number of nitrogens with one attached hydrogen (secondary N) is 3. The van der Waals surface area contributed by atoms with Crippen molar-refractivity contribution in [3.63, 3.8) is 0 Å². The average Bonchev–Trinajstić information content (AvgIpc) is 3.31. The Bertz CT molecular complexity index is 991. The van der Waals surface area contributed by atoms with Crippen molar-refractivity contribution in [1.82, 2.24) is 15.6 Å². The molecule has 3 aromatic rings. The quantitative estimate of drug-likeness (QED) is 0.461. The summed E-state index contributed by atoms with van der Waals surface area (Å²) in [4.78, 5) is 40.6. The van der Waals surface area contributed by atoms with E-state index in [2.05, 4.69) is 20.9 Å². The van der Waals surface area contributed by atoms with Crippen LogP contribution < -0.4 is 16.0 Å². The Morgan fingerprint density at radius 3 is 2.53 bits per heavy atom. The molecule has 7 nitrogen and oxygen atoms in total. The summed E-state index contributed by atoms with van der Waals surface area (Å²) >= 11 is 1.38. The summed E-state index contributed by atoms with van der Waals surface area (Å²) in [5.74, 6) is -0.425. The van der Waals surface area contributed by atoms with Crippen LogP contribution in [0.4, 0.5) is 5.69 Å². The Morgan fingerprint density at radius 2 is 1.77 bits per heavy atom. The van der Waals surface area contributed by atoms with Crippen molar-refractivity contribution in [3.05, 3.63) is 82.3 Å². The van der Waals surface area contributed by atoms with Crippen molar-refractivity contribution in [3.8, 4) is 0 Å². The second kappa shape index (κ2) is 10.9. The molecule has 8 heteroatoms. The Balaban J connectivity index is 1.39. The van der Waals surface area contributed by atoms with E-state index in [-0.39, 0.29) is 17.7 Å². The fourth-order valence-corrected chi connectivity index (χ4v) is 3.34. The second-order valence-corrected chi connectivity index (χ2v) is 7.45. The van der Waals surface area contributed by atoms with Gasteiger partial charge in [0, 0.05) is 43.2 Å². The number of hydrogen-bond acceptors (Lipinski definition) is 5. The summed E-state index contributed by atoms with van der Waals surface area (Å²) in [7, 11) is 0. The third-order valence-corrected chi connectivity index (χ3v) is 5.10. The van der Waals surface area contributed by atoms with Crippen molar-refractivity contribution >= 4 is 34.7 Å². The Labute approximate surface area is 178 Å². The highest BCUT2D eigenvalue weighted by Gasteiger charge is 2.08. The van der Waals surface area contributed by atoms with Crippen LogP contribution >= 0.6 is 11.3 Å². The van der Waals surface area contributed by atoms with E-state index in [4.69, 9.17) is 0 Å². The first-order valence-corrected chi connectivity index (χ1v) is 10.4. The summed E-state index contributed by atoms with van der Waals surface area (Å²) in [5.41, 5.74) is 2.05. The molecule has 1 aromatic carbocycles. The molecule has 3 amide bonds. The standard InChI is InChI=1S/C22H22N4O3S/c27-20(7-2-10-24-22(29)19-6-3-13-30-19)25-15-16-4-1-5-18(14-16)26-21(28)17-8-11-23-12-9-17/h1,3-6,8-9,11-14H,2,7,10,15H2,(H,24,29)(H,25,27)(H,26,28). The van der Waals surface area contributed by atoms with Crippen LogP contribution in [0.15, 0.2) is 66.3 Å². The zero-order valence-corrected chi connectivity index (χ0v) is 17.1. The third-order valence-electron chi connectivity index (χ3n) is 4.23. The van der Waals surface area contributed by atoms with Crippen molar-refractivity contribution < 1.29 is 14.4 Å². The minimum atomic E-state index is -0.219. The predicted octanol–water partition coefficient (Wildman–Crippen LogP) is 3.22. The van der Waals surface area contributed by atoms with Crippen molar-refractivity contribution in [2.24, 2.45) is 0 Å². The highest BCUT2D eigenvalue weighted by molar-refractivity contribution is 7.12. The Hall–Kier alpha value is -3.52. The summed E-state index contributed by atoms with van der Waals surface area (Å²) in [6.07, 6.45) is 4.01. The molecule has 0 aliphatic carbocycles. The number of nitrogens with zero attached hydrogens (tertiary/aromatic N) is 1. The van der Waals surface area contributed by atoms with E-state index in [1.807, 2.05) is 29.6 Å². The molecule has 3 rings (SSSR count). The fourth-order valence-electron chi connectivity index (χ4n) is 2.70. The molecule has 2 aromatic heterocycles. The summed E-state index contributed by atoms with van der Waals surface area (Å²) in [5, 5.41) is 10.3. The van der Waals surface area contributed by atoms with E-state index in [1.165, 1.54) is 11.3 Å². The first kappa shape index (κ1) is 21.2. The van der Waals surface area contributed by atoms with Gasteiger partial charge in [0.2, 0.25) is 5.91 Å². The minimum absolute atomic E-state index is 0.0911. The minimum Gasteiger partial charge on any atom is -0.352 e. The third kappa shape index (κ3) is 6.52. The molecule has 2 heterocycles. The van der Waals surface area contributed by atoms with Gasteiger partial charge in [0.25, 0.3) is 11.8 Å². The first-order valence-electron chi connectivity index (χ1n) is 9.50. The molecule has 30 heavy (non-hydrogen) atoms. The first-order chi connectivity index (χ1) is 14.6. The molecule has 0 saturated carbocycles. The van der Waals surface area contributed by atoms with Crippen molar-refractivity contribution in [2.45, 2.75) is 19.4 Å². The summed E-state index contributed by atoms with van der Waals surface area (Å²) in [6.45, 7) is 0.806. The molecule has 0 radical (unpaired) electrons. The zero-order valence-electron chi connectivity index (χ0n) is 16.3. The summed E-state index contributed by atoms with van der Waals surface area (Å²) in [6, 6.07) is 14.2. The Morgan fingerprint density at radius 1 is 0.933 bits per heavy atom. The number of benzene rings is 1. The number of amides is 3. The van der Waals surface area contributed by atoms with E-state index < -0.39 is 0 Å². The molecular weight excluding hydrogens is 400 g/mol. The monoisotopic (exact) mass is 422 g/mol. The van der Waals surface area contributed by atoms with Crippen LogP contribution in [0.25, 0.3) is 0 Å². The van der Waals surface area contributed by atoms with Crippen LogP contribution in [0, 0.1) is 0 Å². The molecule has 0 fully saturated rings. The number of aromatic nitrogens is 1. The van der Waals surface area contributed by atoms with Gasteiger partial charge in [-0.3, -0.25) is 19.4 Å². The van der Waals surface area contributed by atoms with E-state index in [0.717, 1.165) is 5.56 Å². The lowest BCUT2D eigenvalue weighted by Crippen LogP contribution is -2.27. The number of rotatable bonds is 9. The largest absolute Gasteiger partial charge is 0.352 e. The highest BCUT2D eigenvalue weighted by atomic mass is 32.1. The number of pyridine rings is 1.